The van der Waals surface area contributed by atoms with Crippen molar-refractivity contribution in [1.29, 1.82) is 0 Å². The molecule has 1 unspecified atom stereocenters. The fourth-order valence-electron chi connectivity index (χ4n) is 2.54. The normalized spacial score (nSPS) is 17.2. The smallest absolute Gasteiger partial charge is 0.243 e. The van der Waals surface area contributed by atoms with Crippen molar-refractivity contribution >= 4 is 23.4 Å². The maximum atomic E-state index is 12.1. The number of likely N-dealkylation sites (tertiary alicyclic amines) is 1. The summed E-state index contributed by atoms with van der Waals surface area (Å²) >= 11 is 0. The number of amides is 3. The molecule has 22 heavy (non-hydrogen) atoms. The number of carbonyl (C=O) groups excluding carboxylic acids is 3. The molecule has 1 fully saturated rings. The third kappa shape index (κ3) is 4.07. The van der Waals surface area contributed by atoms with Crippen LogP contribution >= 0.6 is 0 Å². The van der Waals surface area contributed by atoms with Crippen LogP contribution in [0.15, 0.2) is 24.3 Å². The quantitative estimate of drug-likeness (QED) is 0.873. The van der Waals surface area contributed by atoms with Crippen molar-refractivity contribution in [2.45, 2.75) is 32.7 Å². The van der Waals surface area contributed by atoms with E-state index < -0.39 is 6.04 Å². The predicted octanol–water partition coefficient (Wildman–Crippen LogP) is 1.06. The van der Waals surface area contributed by atoms with E-state index in [0.717, 1.165) is 12.0 Å². The van der Waals surface area contributed by atoms with Gasteiger partial charge in [0.15, 0.2) is 0 Å². The Morgan fingerprint density at radius 3 is 2.55 bits per heavy atom. The van der Waals surface area contributed by atoms with Crippen molar-refractivity contribution in [3.63, 3.8) is 0 Å². The molecule has 2 N–H and O–H groups in total. The van der Waals surface area contributed by atoms with Crippen LogP contribution in [0.2, 0.25) is 0 Å². The van der Waals surface area contributed by atoms with Gasteiger partial charge in [0.05, 0.1) is 6.54 Å². The second-order valence-electron chi connectivity index (χ2n) is 5.50. The molecule has 0 spiro atoms. The van der Waals surface area contributed by atoms with E-state index in [0.29, 0.717) is 18.7 Å². The van der Waals surface area contributed by atoms with Crippen LogP contribution in [-0.2, 0) is 14.4 Å². The average Bonchev–Trinajstić information content (AvgIpc) is 2.97. The maximum Gasteiger partial charge on any atom is 0.243 e. The average molecular weight is 303 g/mol. The van der Waals surface area contributed by atoms with E-state index in [1.165, 1.54) is 6.92 Å². The number of hydrogen-bond donors (Lipinski definition) is 2. The van der Waals surface area contributed by atoms with E-state index in [4.69, 9.17) is 0 Å². The molecule has 2 rings (SSSR count). The molecule has 6 heteroatoms. The summed E-state index contributed by atoms with van der Waals surface area (Å²) in [6, 6.07) is 6.96. The third-order valence-electron chi connectivity index (χ3n) is 3.72. The highest BCUT2D eigenvalue weighted by Crippen LogP contribution is 2.17. The van der Waals surface area contributed by atoms with Crippen LogP contribution in [0.1, 0.15) is 25.3 Å². The van der Waals surface area contributed by atoms with Gasteiger partial charge in [-0.2, -0.15) is 0 Å². The summed E-state index contributed by atoms with van der Waals surface area (Å²) in [5.41, 5.74) is 1.80. The van der Waals surface area contributed by atoms with Crippen LogP contribution in [0, 0.1) is 6.92 Å². The fourth-order valence-corrected chi connectivity index (χ4v) is 2.54. The Bertz CT molecular complexity index is 569. The molecule has 118 valence electrons. The molecule has 3 amide bonds. The van der Waals surface area contributed by atoms with Crippen LogP contribution < -0.4 is 10.6 Å². The van der Waals surface area contributed by atoms with Gasteiger partial charge in [0, 0.05) is 19.2 Å². The Labute approximate surface area is 129 Å². The highest BCUT2D eigenvalue weighted by atomic mass is 16.2. The van der Waals surface area contributed by atoms with Gasteiger partial charge >= 0.3 is 0 Å². The zero-order chi connectivity index (χ0) is 16.1. The lowest BCUT2D eigenvalue weighted by molar-refractivity contribution is -0.137. The second kappa shape index (κ2) is 7.06. The standard InChI is InChI=1S/C16H21N3O3/c1-11-5-7-13(8-6-11)18-15(21)10-17-16(22)14-4-3-9-19(14)12(2)20/h5-8,14H,3-4,9-10H2,1-2H3,(H,17,22)(H,18,21). The molecule has 0 aliphatic carbocycles. The Balaban J connectivity index is 1.81. The van der Waals surface area contributed by atoms with E-state index in [1.54, 1.807) is 4.90 Å². The Morgan fingerprint density at radius 2 is 1.91 bits per heavy atom. The zero-order valence-electron chi connectivity index (χ0n) is 12.9. The summed E-state index contributed by atoms with van der Waals surface area (Å²) in [5.74, 6) is -0.668. The molecule has 6 nitrogen and oxygen atoms in total. The highest BCUT2D eigenvalue weighted by molar-refractivity contribution is 5.96. The van der Waals surface area contributed by atoms with Crippen LogP contribution in [0.3, 0.4) is 0 Å². The molecular weight excluding hydrogens is 282 g/mol. The SMILES string of the molecule is CC(=O)N1CCCC1C(=O)NCC(=O)Nc1ccc(C)cc1. The van der Waals surface area contributed by atoms with Crippen LogP contribution in [0.5, 0.6) is 0 Å². The molecule has 1 aromatic carbocycles. The van der Waals surface area contributed by atoms with E-state index >= 15 is 0 Å². The van der Waals surface area contributed by atoms with Gasteiger partial charge in [0.25, 0.3) is 0 Å². The summed E-state index contributed by atoms with van der Waals surface area (Å²) in [6.45, 7) is 3.92. The Hall–Kier alpha value is -2.37. The minimum absolute atomic E-state index is 0.102. The predicted molar refractivity (Wildman–Crippen MR) is 83.2 cm³/mol. The molecule has 0 bridgehead atoms. The molecule has 1 aromatic rings. The van der Waals surface area contributed by atoms with Crippen molar-refractivity contribution < 1.29 is 14.4 Å². The minimum Gasteiger partial charge on any atom is -0.345 e. The monoisotopic (exact) mass is 303 g/mol. The summed E-state index contributed by atoms with van der Waals surface area (Å²) in [4.78, 5) is 36.9. The molecule has 1 aliphatic rings. The van der Waals surface area contributed by atoms with E-state index in [9.17, 15) is 14.4 Å². The van der Waals surface area contributed by atoms with Gasteiger partial charge in [0.1, 0.15) is 6.04 Å². The van der Waals surface area contributed by atoms with Gasteiger partial charge in [-0.25, -0.2) is 0 Å². The molecule has 0 saturated carbocycles. The minimum atomic E-state index is -0.454. The number of hydrogen-bond acceptors (Lipinski definition) is 3. The zero-order valence-corrected chi connectivity index (χ0v) is 12.9. The number of nitrogens with zero attached hydrogens (tertiary/aromatic N) is 1. The van der Waals surface area contributed by atoms with Crippen LogP contribution in [0.4, 0.5) is 5.69 Å². The van der Waals surface area contributed by atoms with Crippen molar-refractivity contribution in [2.24, 2.45) is 0 Å². The second-order valence-corrected chi connectivity index (χ2v) is 5.50. The number of rotatable bonds is 4. The first-order valence-electron chi connectivity index (χ1n) is 7.39. The lowest BCUT2D eigenvalue weighted by Crippen LogP contribution is -2.46. The summed E-state index contributed by atoms with van der Waals surface area (Å²) in [7, 11) is 0. The van der Waals surface area contributed by atoms with E-state index in [1.807, 2.05) is 31.2 Å². The molecule has 1 heterocycles. The van der Waals surface area contributed by atoms with Gasteiger partial charge in [-0.15, -0.1) is 0 Å². The van der Waals surface area contributed by atoms with Crippen molar-refractivity contribution in [3.8, 4) is 0 Å². The number of nitrogens with one attached hydrogen (secondary N) is 2. The topological polar surface area (TPSA) is 78.5 Å². The summed E-state index contributed by atoms with van der Waals surface area (Å²) < 4.78 is 0. The summed E-state index contributed by atoms with van der Waals surface area (Å²) in [6.07, 6.45) is 1.46. The van der Waals surface area contributed by atoms with Crippen LogP contribution in [-0.4, -0.2) is 41.8 Å². The largest absolute Gasteiger partial charge is 0.345 e. The van der Waals surface area contributed by atoms with Crippen molar-refractivity contribution in [2.75, 3.05) is 18.4 Å². The molecule has 0 aromatic heterocycles. The number of aryl methyl sites for hydroxylation is 1. The first kappa shape index (κ1) is 16.0. The van der Waals surface area contributed by atoms with Gasteiger partial charge < -0.3 is 15.5 Å². The van der Waals surface area contributed by atoms with E-state index in [-0.39, 0.29) is 24.3 Å². The number of benzene rings is 1. The molecule has 1 atom stereocenters. The van der Waals surface area contributed by atoms with Gasteiger partial charge in [-0.1, -0.05) is 17.7 Å². The fraction of sp³-hybridized carbons (Fsp3) is 0.438. The van der Waals surface area contributed by atoms with Gasteiger partial charge in [0.2, 0.25) is 17.7 Å². The first-order valence-corrected chi connectivity index (χ1v) is 7.39. The van der Waals surface area contributed by atoms with Crippen molar-refractivity contribution in [3.05, 3.63) is 29.8 Å². The first-order chi connectivity index (χ1) is 10.5. The molecular formula is C16H21N3O3. The Kier molecular flexibility index (Phi) is 5.14. The third-order valence-corrected chi connectivity index (χ3v) is 3.72. The lowest BCUT2D eigenvalue weighted by atomic mass is 10.2. The van der Waals surface area contributed by atoms with Crippen molar-refractivity contribution in [1.82, 2.24) is 10.2 Å². The van der Waals surface area contributed by atoms with E-state index in [2.05, 4.69) is 10.6 Å². The number of anilines is 1. The van der Waals surface area contributed by atoms with Crippen LogP contribution in [0.25, 0.3) is 0 Å². The summed E-state index contributed by atoms with van der Waals surface area (Å²) in [5, 5.41) is 5.31. The lowest BCUT2D eigenvalue weighted by Gasteiger charge is -2.22. The molecule has 1 aliphatic heterocycles. The van der Waals surface area contributed by atoms with Gasteiger partial charge in [-0.05, 0) is 31.9 Å². The van der Waals surface area contributed by atoms with Gasteiger partial charge in [-0.3, -0.25) is 14.4 Å². The highest BCUT2D eigenvalue weighted by Gasteiger charge is 2.32. The maximum absolute atomic E-state index is 12.1. The molecule has 1 saturated heterocycles. The Morgan fingerprint density at radius 1 is 1.23 bits per heavy atom. The molecule has 0 radical (unpaired) electrons. The number of carbonyl (C=O) groups is 3.